The average molecular weight is 313 g/mol. The minimum atomic E-state index is -0.773. The molecule has 22 heavy (non-hydrogen) atoms. The maximum absolute atomic E-state index is 10.5. The number of nitrogens with zero attached hydrogens (tertiary/aromatic N) is 4. The van der Waals surface area contributed by atoms with Gasteiger partial charge in [-0.25, -0.2) is 4.99 Å². The van der Waals surface area contributed by atoms with Crippen LogP contribution in [0.3, 0.4) is 0 Å². The van der Waals surface area contributed by atoms with Gasteiger partial charge in [-0.05, 0) is 12.8 Å². The van der Waals surface area contributed by atoms with Gasteiger partial charge in [-0.1, -0.05) is 0 Å². The molecule has 0 atom stereocenters. The number of hydrogen-bond acceptors (Lipinski definition) is 7. The van der Waals surface area contributed by atoms with E-state index >= 15 is 0 Å². The Morgan fingerprint density at radius 1 is 1.05 bits per heavy atom. The summed E-state index contributed by atoms with van der Waals surface area (Å²) >= 11 is 0. The molecule has 3 N–H and O–H groups in total. The van der Waals surface area contributed by atoms with Crippen molar-refractivity contribution in [3.63, 3.8) is 0 Å². The Bertz CT molecular complexity index is 442. The van der Waals surface area contributed by atoms with Gasteiger partial charge in [-0.2, -0.15) is 0 Å². The molecule has 1 fully saturated rings. The van der Waals surface area contributed by atoms with E-state index in [1.807, 2.05) is 0 Å². The molecular formula is C13H23N5O4. The molecule has 2 rings (SSSR count). The van der Waals surface area contributed by atoms with Crippen molar-refractivity contribution in [2.45, 2.75) is 25.7 Å². The van der Waals surface area contributed by atoms with E-state index in [0.717, 1.165) is 12.5 Å². The van der Waals surface area contributed by atoms with Crippen LogP contribution in [0.2, 0.25) is 0 Å². The number of aliphatic carboxylic acids is 2. The van der Waals surface area contributed by atoms with Gasteiger partial charge in [0.2, 0.25) is 0 Å². The molecule has 0 aromatic carbocycles. The van der Waals surface area contributed by atoms with E-state index in [4.69, 9.17) is 10.2 Å². The number of nitrogens with one attached hydrogen (secondary N) is 1. The number of hydrogen-bond donors (Lipinski definition) is 3. The van der Waals surface area contributed by atoms with Crippen LogP contribution in [0.25, 0.3) is 0 Å². The van der Waals surface area contributed by atoms with Crippen molar-refractivity contribution in [3.05, 3.63) is 0 Å². The summed E-state index contributed by atoms with van der Waals surface area (Å²) in [5.74, 6) is -0.677. The van der Waals surface area contributed by atoms with E-state index in [2.05, 4.69) is 25.0 Å². The zero-order valence-corrected chi connectivity index (χ0v) is 12.6. The summed E-state index contributed by atoms with van der Waals surface area (Å²) in [6.07, 6.45) is 1.59. The molecule has 0 amide bonds. The molecule has 0 spiro atoms. The van der Waals surface area contributed by atoms with Gasteiger partial charge in [0, 0.05) is 25.9 Å². The van der Waals surface area contributed by atoms with Crippen LogP contribution < -0.4 is 5.32 Å². The highest BCUT2D eigenvalue weighted by Crippen LogP contribution is 2.10. The number of aliphatic imine (C=N–C) groups is 1. The van der Waals surface area contributed by atoms with Crippen LogP contribution in [0.15, 0.2) is 4.99 Å². The normalized spacial score (nSPS) is 19.3. The fraction of sp³-hybridized carbons (Fsp3) is 0.769. The van der Waals surface area contributed by atoms with Gasteiger partial charge in [0.15, 0.2) is 5.96 Å². The van der Waals surface area contributed by atoms with Crippen molar-refractivity contribution < 1.29 is 19.8 Å². The molecule has 124 valence electrons. The minimum Gasteiger partial charge on any atom is -0.481 e. The summed E-state index contributed by atoms with van der Waals surface area (Å²) in [5, 5.41) is 20.6. The van der Waals surface area contributed by atoms with Gasteiger partial charge in [0.25, 0.3) is 0 Å². The smallest absolute Gasteiger partial charge is 0.303 e. The zero-order valence-electron chi connectivity index (χ0n) is 12.6. The highest BCUT2D eigenvalue weighted by atomic mass is 16.4. The summed E-state index contributed by atoms with van der Waals surface area (Å²) in [5.41, 5.74) is 0. The molecule has 0 aliphatic carbocycles. The molecule has 0 radical (unpaired) electrons. The van der Waals surface area contributed by atoms with Gasteiger partial charge in [-0.15, -0.1) is 0 Å². The third-order valence-corrected chi connectivity index (χ3v) is 3.65. The quantitative estimate of drug-likeness (QED) is 0.546. The topological polar surface area (TPSA) is 109 Å². The van der Waals surface area contributed by atoms with Crippen molar-refractivity contribution in [2.24, 2.45) is 4.99 Å². The van der Waals surface area contributed by atoms with Crippen molar-refractivity contribution in [3.8, 4) is 0 Å². The van der Waals surface area contributed by atoms with Gasteiger partial charge in [0.05, 0.1) is 26.7 Å². The first kappa shape index (κ1) is 16.5. The van der Waals surface area contributed by atoms with Crippen molar-refractivity contribution in [2.75, 3.05) is 39.8 Å². The molecule has 9 nitrogen and oxygen atoms in total. The lowest BCUT2D eigenvalue weighted by molar-refractivity contribution is -0.138. The number of carboxylic acids is 2. The van der Waals surface area contributed by atoms with E-state index < -0.39 is 11.9 Å². The predicted octanol–water partition coefficient (Wildman–Crippen LogP) is -0.575. The van der Waals surface area contributed by atoms with Crippen LogP contribution >= 0.6 is 0 Å². The predicted molar refractivity (Wildman–Crippen MR) is 79.0 cm³/mol. The van der Waals surface area contributed by atoms with E-state index in [-0.39, 0.29) is 12.8 Å². The van der Waals surface area contributed by atoms with Crippen LogP contribution in [-0.4, -0.2) is 82.6 Å². The third-order valence-electron chi connectivity index (χ3n) is 3.65. The van der Waals surface area contributed by atoms with Crippen LogP contribution in [0.1, 0.15) is 25.7 Å². The molecule has 0 unspecified atom stereocenters. The van der Waals surface area contributed by atoms with Crippen molar-refractivity contribution in [1.82, 2.24) is 20.0 Å². The van der Waals surface area contributed by atoms with Crippen LogP contribution in [-0.2, 0) is 9.59 Å². The third kappa shape index (κ3) is 5.15. The zero-order chi connectivity index (χ0) is 15.9. The molecular weight excluding hydrogens is 290 g/mol. The van der Waals surface area contributed by atoms with Gasteiger partial charge in [0.1, 0.15) is 0 Å². The van der Waals surface area contributed by atoms with E-state index in [1.165, 1.54) is 0 Å². The summed E-state index contributed by atoms with van der Waals surface area (Å²) in [6.45, 7) is 4.11. The summed E-state index contributed by atoms with van der Waals surface area (Å²) in [7, 11) is 0. The Hall–Kier alpha value is -1.87. The largest absolute Gasteiger partial charge is 0.481 e. The first-order valence-electron chi connectivity index (χ1n) is 7.46. The molecule has 2 aliphatic rings. The van der Waals surface area contributed by atoms with Crippen LogP contribution in [0.4, 0.5) is 0 Å². The SMILES string of the molecule is O=C(O)CCCN1CN=C2NCN(CCCC(=O)O)CN2C1. The second-order valence-electron chi connectivity index (χ2n) is 5.56. The second-order valence-corrected chi connectivity index (χ2v) is 5.56. The summed E-state index contributed by atoms with van der Waals surface area (Å²) < 4.78 is 0. The van der Waals surface area contributed by atoms with Gasteiger partial charge < -0.3 is 20.4 Å². The van der Waals surface area contributed by atoms with Crippen LogP contribution in [0, 0.1) is 0 Å². The summed E-state index contributed by atoms with van der Waals surface area (Å²) in [4.78, 5) is 31.9. The molecule has 0 bridgehead atoms. The standard InChI is InChI=1S/C13H23N5O4/c19-11(20)3-1-5-16-7-14-13-15-8-17(10-18(13)9-16)6-2-4-12(21)22/h1-10H2,(H,14,15)(H,19,20)(H,21,22). The van der Waals surface area contributed by atoms with Crippen molar-refractivity contribution in [1.29, 1.82) is 0 Å². The maximum Gasteiger partial charge on any atom is 0.303 e. The fourth-order valence-corrected chi connectivity index (χ4v) is 2.57. The number of guanidine groups is 1. The Labute approximate surface area is 129 Å². The lowest BCUT2D eigenvalue weighted by atomic mass is 10.3. The fourth-order valence-electron chi connectivity index (χ4n) is 2.57. The van der Waals surface area contributed by atoms with E-state index in [1.54, 1.807) is 0 Å². The molecule has 2 aliphatic heterocycles. The summed E-state index contributed by atoms with van der Waals surface area (Å²) in [6, 6.07) is 0. The van der Waals surface area contributed by atoms with E-state index in [0.29, 0.717) is 46.1 Å². The lowest BCUT2D eigenvalue weighted by Crippen LogP contribution is -2.61. The number of carbonyl (C=O) groups is 2. The number of fused-ring (bicyclic) bond motifs is 1. The minimum absolute atomic E-state index is 0.173. The van der Waals surface area contributed by atoms with E-state index in [9.17, 15) is 9.59 Å². The highest BCUT2D eigenvalue weighted by molar-refractivity contribution is 5.80. The molecule has 2 heterocycles. The molecule has 0 aromatic heterocycles. The van der Waals surface area contributed by atoms with Gasteiger partial charge >= 0.3 is 11.9 Å². The Morgan fingerprint density at radius 3 is 2.27 bits per heavy atom. The molecule has 0 aromatic rings. The average Bonchev–Trinajstić information content (AvgIpc) is 2.46. The monoisotopic (exact) mass is 313 g/mol. The second kappa shape index (κ2) is 7.95. The Balaban J connectivity index is 1.75. The van der Waals surface area contributed by atoms with Crippen molar-refractivity contribution >= 4 is 17.9 Å². The first-order chi connectivity index (χ1) is 10.5. The lowest BCUT2D eigenvalue weighted by Gasteiger charge is -2.43. The Kier molecular flexibility index (Phi) is 5.96. The van der Waals surface area contributed by atoms with Crippen LogP contribution in [0.5, 0.6) is 0 Å². The molecule has 0 saturated carbocycles. The highest BCUT2D eigenvalue weighted by Gasteiger charge is 2.26. The number of rotatable bonds is 8. The Morgan fingerprint density at radius 2 is 1.64 bits per heavy atom. The first-order valence-corrected chi connectivity index (χ1v) is 7.46. The molecule has 1 saturated heterocycles. The molecule has 9 heteroatoms. The maximum atomic E-state index is 10.5. The van der Waals surface area contributed by atoms with Gasteiger partial charge in [-0.3, -0.25) is 19.4 Å². The number of carboxylic acid groups (broad SMARTS) is 2.